The van der Waals surface area contributed by atoms with Crippen LogP contribution in [0, 0.1) is 0 Å². The van der Waals surface area contributed by atoms with E-state index in [2.05, 4.69) is 0 Å². The molecule has 2 N–H and O–H groups in total. The van der Waals surface area contributed by atoms with Gasteiger partial charge in [0.15, 0.2) is 0 Å². The van der Waals surface area contributed by atoms with Gasteiger partial charge in [0.25, 0.3) is 0 Å². The van der Waals surface area contributed by atoms with Gasteiger partial charge in [-0.1, -0.05) is 0 Å². The molecule has 0 radical (unpaired) electrons. The Bertz CT molecular complexity index is 408. The van der Waals surface area contributed by atoms with E-state index in [0.29, 0.717) is 25.0 Å². The van der Waals surface area contributed by atoms with Crippen molar-refractivity contribution in [3.63, 3.8) is 0 Å². The van der Waals surface area contributed by atoms with Gasteiger partial charge in [-0.15, -0.1) is 0 Å². The summed E-state index contributed by atoms with van der Waals surface area (Å²) < 4.78 is 9.50. The predicted octanol–water partition coefficient (Wildman–Crippen LogP) is 0.915. The Kier molecular flexibility index (Phi) is 10.7. The Balaban J connectivity index is 3.47. The van der Waals surface area contributed by atoms with E-state index in [-0.39, 0.29) is 13.2 Å². The predicted molar refractivity (Wildman–Crippen MR) is 73.9 cm³/mol. The maximum atomic E-state index is 11.0. The van der Waals surface area contributed by atoms with E-state index in [0.717, 1.165) is 25.0 Å². The fraction of sp³-hybridized carbons (Fsp3) is 0.429. The molecule has 0 bridgehead atoms. The molecule has 8 nitrogen and oxygen atoms in total. The van der Waals surface area contributed by atoms with Gasteiger partial charge in [0.05, 0.1) is 13.2 Å². The van der Waals surface area contributed by atoms with Crippen LogP contribution in [0.1, 0.15) is 25.7 Å². The van der Waals surface area contributed by atoms with E-state index >= 15 is 0 Å². The third kappa shape index (κ3) is 13.8. The van der Waals surface area contributed by atoms with Crippen molar-refractivity contribution < 1.29 is 38.9 Å². The fourth-order valence-electron chi connectivity index (χ4n) is 1.28. The van der Waals surface area contributed by atoms with Gasteiger partial charge in [-0.2, -0.15) is 0 Å². The number of carboxylic acids is 2. The van der Waals surface area contributed by atoms with Gasteiger partial charge in [0.2, 0.25) is 0 Å². The summed E-state index contributed by atoms with van der Waals surface area (Å²) >= 11 is 0. The molecule has 0 fully saturated rings. The largest absolute Gasteiger partial charge is 0.478 e. The number of unbranched alkanes of at least 4 members (excludes halogenated alkanes) is 3. The van der Waals surface area contributed by atoms with Crippen molar-refractivity contribution in [1.29, 1.82) is 0 Å². The molecular formula is C14H18O8. The summed E-state index contributed by atoms with van der Waals surface area (Å²) in [6, 6.07) is 0. The minimum atomic E-state index is -1.22. The average Bonchev–Trinajstić information content (AvgIpc) is 2.45. The number of carbonyl (C=O) groups excluding carboxylic acids is 2. The second-order valence-electron chi connectivity index (χ2n) is 4.09. The highest BCUT2D eigenvalue weighted by Crippen LogP contribution is 2.01. The first-order valence-electron chi connectivity index (χ1n) is 6.57. The Morgan fingerprint density at radius 2 is 1.00 bits per heavy atom. The van der Waals surface area contributed by atoms with Crippen LogP contribution < -0.4 is 0 Å². The van der Waals surface area contributed by atoms with Gasteiger partial charge >= 0.3 is 23.9 Å². The van der Waals surface area contributed by atoms with Crippen LogP contribution in [-0.2, 0) is 28.7 Å². The molecule has 0 atom stereocenters. The van der Waals surface area contributed by atoms with E-state index in [1.165, 1.54) is 0 Å². The molecule has 0 rings (SSSR count). The standard InChI is InChI=1S/C14H18O8/c15-11(16)5-7-13(19)21-9-3-1-2-4-10-22-14(20)8-6-12(17)18/h5-8H,1-4,9-10H2,(H,15,16)(H,17,18)/b7-5-,8-6-. The lowest BCUT2D eigenvalue weighted by molar-refractivity contribution is -0.139. The molecule has 0 aliphatic rings. The number of esters is 2. The summed E-state index contributed by atoms with van der Waals surface area (Å²) in [5.74, 6) is -3.85. The van der Waals surface area contributed by atoms with E-state index in [1.54, 1.807) is 0 Å². The molecule has 0 aromatic rings. The van der Waals surface area contributed by atoms with Crippen molar-refractivity contribution in [2.75, 3.05) is 13.2 Å². The van der Waals surface area contributed by atoms with Gasteiger partial charge in [0.1, 0.15) is 0 Å². The monoisotopic (exact) mass is 314 g/mol. The van der Waals surface area contributed by atoms with E-state index < -0.39 is 23.9 Å². The first-order chi connectivity index (χ1) is 10.4. The van der Waals surface area contributed by atoms with Gasteiger partial charge in [-0.25, -0.2) is 19.2 Å². The molecule has 22 heavy (non-hydrogen) atoms. The van der Waals surface area contributed by atoms with Crippen molar-refractivity contribution in [1.82, 2.24) is 0 Å². The highest BCUT2D eigenvalue weighted by molar-refractivity contribution is 5.91. The van der Waals surface area contributed by atoms with Crippen LogP contribution in [0.4, 0.5) is 0 Å². The van der Waals surface area contributed by atoms with Crippen molar-refractivity contribution in [3.05, 3.63) is 24.3 Å². The molecule has 8 heteroatoms. The molecule has 0 aromatic carbocycles. The van der Waals surface area contributed by atoms with Crippen LogP contribution in [0.5, 0.6) is 0 Å². The van der Waals surface area contributed by atoms with Crippen molar-refractivity contribution in [3.8, 4) is 0 Å². The number of hydrogen-bond acceptors (Lipinski definition) is 6. The van der Waals surface area contributed by atoms with Crippen molar-refractivity contribution >= 4 is 23.9 Å². The maximum absolute atomic E-state index is 11.0. The van der Waals surface area contributed by atoms with Crippen LogP contribution >= 0.6 is 0 Å². The summed E-state index contributed by atoms with van der Waals surface area (Å²) in [7, 11) is 0. The highest BCUT2D eigenvalue weighted by atomic mass is 16.5. The molecule has 0 aromatic heterocycles. The van der Waals surface area contributed by atoms with Crippen LogP contribution in [0.25, 0.3) is 0 Å². The summed E-state index contributed by atoms with van der Waals surface area (Å²) in [5.41, 5.74) is 0. The Morgan fingerprint density at radius 3 is 1.32 bits per heavy atom. The Hall–Kier alpha value is -2.64. The molecule has 0 amide bonds. The molecule has 122 valence electrons. The lowest BCUT2D eigenvalue weighted by atomic mass is 10.2. The zero-order chi connectivity index (χ0) is 16.8. The third-order valence-corrected chi connectivity index (χ3v) is 2.25. The topological polar surface area (TPSA) is 127 Å². The minimum absolute atomic E-state index is 0.184. The van der Waals surface area contributed by atoms with Gasteiger partial charge in [-0.05, 0) is 25.7 Å². The first-order valence-corrected chi connectivity index (χ1v) is 6.57. The zero-order valence-electron chi connectivity index (χ0n) is 11.9. The van der Waals surface area contributed by atoms with Crippen LogP contribution in [0.15, 0.2) is 24.3 Å². The summed E-state index contributed by atoms with van der Waals surface area (Å²) in [6.45, 7) is 0.369. The molecule has 0 aliphatic carbocycles. The average molecular weight is 314 g/mol. The molecule has 0 saturated heterocycles. The molecule has 0 heterocycles. The lowest BCUT2D eigenvalue weighted by Crippen LogP contribution is -2.04. The van der Waals surface area contributed by atoms with Gasteiger partial charge in [0, 0.05) is 24.3 Å². The Labute approximate surface area is 127 Å². The second-order valence-corrected chi connectivity index (χ2v) is 4.09. The SMILES string of the molecule is O=C(O)/C=C\C(=O)OCCCCCCOC(=O)/C=C\C(=O)O. The van der Waals surface area contributed by atoms with Gasteiger partial charge in [-0.3, -0.25) is 0 Å². The number of carbonyl (C=O) groups is 4. The van der Waals surface area contributed by atoms with Crippen molar-refractivity contribution in [2.24, 2.45) is 0 Å². The molecular weight excluding hydrogens is 296 g/mol. The van der Waals surface area contributed by atoms with Crippen LogP contribution in [0.2, 0.25) is 0 Å². The van der Waals surface area contributed by atoms with Crippen LogP contribution in [-0.4, -0.2) is 47.3 Å². The second kappa shape index (κ2) is 12.1. The summed E-state index contributed by atoms with van der Waals surface area (Å²) in [5, 5.41) is 16.6. The smallest absolute Gasteiger partial charge is 0.331 e. The van der Waals surface area contributed by atoms with Crippen LogP contribution in [0.3, 0.4) is 0 Å². The molecule has 0 spiro atoms. The fourth-order valence-corrected chi connectivity index (χ4v) is 1.28. The number of carboxylic acid groups (broad SMARTS) is 2. The number of aliphatic carboxylic acids is 2. The quantitative estimate of drug-likeness (QED) is 0.327. The molecule has 0 saturated carbocycles. The minimum Gasteiger partial charge on any atom is -0.478 e. The van der Waals surface area contributed by atoms with Gasteiger partial charge < -0.3 is 19.7 Å². The number of ether oxygens (including phenoxy) is 2. The highest BCUT2D eigenvalue weighted by Gasteiger charge is 2.00. The van der Waals surface area contributed by atoms with E-state index in [9.17, 15) is 19.2 Å². The molecule has 0 unspecified atom stereocenters. The normalized spacial score (nSPS) is 10.7. The van der Waals surface area contributed by atoms with Crippen molar-refractivity contribution in [2.45, 2.75) is 25.7 Å². The zero-order valence-corrected chi connectivity index (χ0v) is 11.9. The number of hydrogen-bond donors (Lipinski definition) is 2. The first kappa shape index (κ1) is 19.4. The summed E-state index contributed by atoms with van der Waals surface area (Å²) in [4.78, 5) is 42.3. The number of rotatable bonds is 11. The Morgan fingerprint density at radius 1 is 0.636 bits per heavy atom. The van der Waals surface area contributed by atoms with E-state index in [1.807, 2.05) is 0 Å². The maximum Gasteiger partial charge on any atom is 0.331 e. The van der Waals surface area contributed by atoms with E-state index in [4.69, 9.17) is 19.7 Å². The third-order valence-electron chi connectivity index (χ3n) is 2.25. The lowest BCUT2D eigenvalue weighted by Gasteiger charge is -2.03. The summed E-state index contributed by atoms with van der Waals surface area (Å²) in [6.07, 6.45) is 5.81. The molecule has 0 aliphatic heterocycles.